The molecule has 2 N–H and O–H groups in total. The molecule has 0 aromatic rings. The van der Waals surface area contributed by atoms with Gasteiger partial charge in [0.05, 0.1) is 5.41 Å². The molecule has 144 valence electrons. The molecule has 0 aromatic carbocycles. The first-order valence-corrected chi connectivity index (χ1v) is 9.66. The number of thioether (sulfide) groups is 1. The second-order valence-corrected chi connectivity index (χ2v) is 8.06. The molecule has 0 saturated heterocycles. The number of aliphatic carboxylic acids is 1. The summed E-state index contributed by atoms with van der Waals surface area (Å²) in [6.07, 6.45) is 2.54. The van der Waals surface area contributed by atoms with E-state index < -0.39 is 28.1 Å². The second kappa shape index (κ2) is 9.27. The van der Waals surface area contributed by atoms with E-state index in [-0.39, 0.29) is 12.5 Å². The molecule has 0 spiro atoms. The smallest absolute Gasteiger partial charge is 0.323 e. The van der Waals surface area contributed by atoms with Gasteiger partial charge in [0, 0.05) is 13.6 Å². The van der Waals surface area contributed by atoms with Crippen LogP contribution in [0.3, 0.4) is 0 Å². The first-order valence-electron chi connectivity index (χ1n) is 8.44. The normalized spacial score (nSPS) is 15.8. The topological polar surface area (TPSA) is 86.7 Å². The summed E-state index contributed by atoms with van der Waals surface area (Å²) in [5.41, 5.74) is -0.941. The summed E-state index contributed by atoms with van der Waals surface area (Å²) < 4.78 is -1.44. The minimum absolute atomic E-state index is 0.0413. The highest BCUT2D eigenvalue weighted by Gasteiger charge is 2.60. The number of imide groups is 1. The third-order valence-electron chi connectivity index (χ3n) is 4.59. The lowest BCUT2D eigenvalue weighted by Crippen LogP contribution is -2.61. The molecule has 3 amide bonds. The van der Waals surface area contributed by atoms with Crippen molar-refractivity contribution in [1.82, 2.24) is 10.2 Å². The van der Waals surface area contributed by atoms with Crippen molar-refractivity contribution in [2.75, 3.05) is 19.8 Å². The summed E-state index contributed by atoms with van der Waals surface area (Å²) >= 11 is 1.10. The van der Waals surface area contributed by atoms with E-state index in [2.05, 4.69) is 11.9 Å². The molecule has 0 aliphatic rings. The van der Waals surface area contributed by atoms with Crippen LogP contribution in [0.2, 0.25) is 0 Å². The minimum atomic E-state index is -1.44. The lowest BCUT2D eigenvalue weighted by Gasteiger charge is -2.47. The molecule has 0 aliphatic heterocycles. The maximum Gasteiger partial charge on any atom is 0.323 e. The first kappa shape index (κ1) is 23.5. The van der Waals surface area contributed by atoms with Crippen molar-refractivity contribution in [3.63, 3.8) is 0 Å². The molecule has 0 saturated carbocycles. The van der Waals surface area contributed by atoms with Crippen LogP contribution in [0, 0.1) is 11.3 Å². The Morgan fingerprint density at radius 3 is 2.12 bits per heavy atom. The van der Waals surface area contributed by atoms with Crippen LogP contribution in [0.1, 0.15) is 47.5 Å². The van der Waals surface area contributed by atoms with E-state index in [1.54, 1.807) is 20.1 Å². The molecule has 0 aromatic heterocycles. The van der Waals surface area contributed by atoms with Gasteiger partial charge in [-0.3, -0.25) is 14.5 Å². The molecular formula is C18H32N2O4S. The van der Waals surface area contributed by atoms with E-state index in [1.165, 1.54) is 7.05 Å². The number of hydrogen-bond donors (Lipinski definition) is 2. The number of amides is 3. The van der Waals surface area contributed by atoms with E-state index in [0.717, 1.165) is 16.7 Å². The standard InChI is InChI=1S/C18H32N2O4S/c1-9-10-20(16(24)19-7)14(21)18(13(4)5,11-12(2)3)17(6,25-8)15(22)23/h12H,4,9-11H2,1-3,5-8H3,(H,19,24)(H,22,23)/t17-,18-/m1/s1. The maximum absolute atomic E-state index is 13.6. The van der Waals surface area contributed by atoms with Gasteiger partial charge in [0.25, 0.3) is 0 Å². The van der Waals surface area contributed by atoms with Crippen LogP contribution in [-0.2, 0) is 9.59 Å². The van der Waals surface area contributed by atoms with Gasteiger partial charge >= 0.3 is 12.0 Å². The maximum atomic E-state index is 13.6. The Hall–Kier alpha value is -1.50. The quantitative estimate of drug-likeness (QED) is 0.606. The highest BCUT2D eigenvalue weighted by atomic mass is 32.2. The number of nitrogens with zero attached hydrogens (tertiary/aromatic N) is 1. The second-order valence-electron chi connectivity index (χ2n) is 6.84. The molecule has 0 radical (unpaired) electrons. The fraction of sp³-hybridized carbons (Fsp3) is 0.722. The van der Waals surface area contributed by atoms with Crippen molar-refractivity contribution in [3.05, 3.63) is 12.2 Å². The van der Waals surface area contributed by atoms with E-state index in [9.17, 15) is 19.5 Å². The Morgan fingerprint density at radius 2 is 1.84 bits per heavy atom. The van der Waals surface area contributed by atoms with Crippen molar-refractivity contribution in [2.24, 2.45) is 11.3 Å². The molecule has 0 unspecified atom stereocenters. The Kier molecular flexibility index (Phi) is 8.71. The number of nitrogens with one attached hydrogen (secondary N) is 1. The van der Waals surface area contributed by atoms with E-state index >= 15 is 0 Å². The number of carboxylic acids is 1. The zero-order valence-corrected chi connectivity index (χ0v) is 17.2. The van der Waals surface area contributed by atoms with Crippen LogP contribution < -0.4 is 5.32 Å². The zero-order chi connectivity index (χ0) is 20.0. The van der Waals surface area contributed by atoms with Gasteiger partial charge in [-0.15, -0.1) is 11.8 Å². The van der Waals surface area contributed by atoms with E-state index in [0.29, 0.717) is 18.4 Å². The van der Waals surface area contributed by atoms with Gasteiger partial charge in [-0.05, 0) is 38.9 Å². The highest BCUT2D eigenvalue weighted by Crippen LogP contribution is 2.51. The van der Waals surface area contributed by atoms with Crippen LogP contribution in [0.15, 0.2) is 12.2 Å². The number of urea groups is 1. The van der Waals surface area contributed by atoms with Gasteiger partial charge < -0.3 is 10.4 Å². The summed E-state index contributed by atoms with van der Waals surface area (Å²) in [7, 11) is 1.45. The van der Waals surface area contributed by atoms with Gasteiger partial charge in [0.15, 0.2) is 0 Å². The molecule has 0 bridgehead atoms. The lowest BCUT2D eigenvalue weighted by atomic mass is 9.65. The first-order chi connectivity index (χ1) is 11.5. The Balaban J connectivity index is 6.64. The predicted octanol–water partition coefficient (Wildman–Crippen LogP) is 3.38. The third kappa shape index (κ3) is 4.37. The summed E-state index contributed by atoms with van der Waals surface area (Å²) in [4.78, 5) is 39.2. The van der Waals surface area contributed by atoms with Gasteiger partial charge in [-0.1, -0.05) is 32.9 Å². The van der Waals surface area contributed by atoms with Gasteiger partial charge in [0.2, 0.25) is 5.91 Å². The lowest BCUT2D eigenvalue weighted by molar-refractivity contribution is -0.151. The summed E-state index contributed by atoms with van der Waals surface area (Å²) in [5.74, 6) is -1.56. The number of carboxylic acid groups (broad SMARTS) is 1. The monoisotopic (exact) mass is 372 g/mol. The molecule has 0 aliphatic carbocycles. The molecule has 0 heterocycles. The minimum Gasteiger partial charge on any atom is -0.480 e. The SMILES string of the molecule is C=C(C)[C@](CC(C)C)(C(=O)N(CCC)C(=O)NC)[C@](C)(SC)C(=O)O. The van der Waals surface area contributed by atoms with Crippen LogP contribution in [-0.4, -0.2) is 52.5 Å². The number of rotatable bonds is 9. The number of hydrogen-bond acceptors (Lipinski definition) is 4. The largest absolute Gasteiger partial charge is 0.480 e. The fourth-order valence-corrected chi connectivity index (χ4v) is 4.06. The molecule has 2 atom stereocenters. The molecule has 25 heavy (non-hydrogen) atoms. The van der Waals surface area contributed by atoms with Crippen molar-refractivity contribution in [3.8, 4) is 0 Å². The van der Waals surface area contributed by atoms with Crippen molar-refractivity contribution >= 4 is 29.7 Å². The third-order valence-corrected chi connectivity index (χ3v) is 5.93. The predicted molar refractivity (Wildman–Crippen MR) is 103 cm³/mol. The summed E-state index contributed by atoms with van der Waals surface area (Å²) in [5, 5.41) is 12.4. The van der Waals surface area contributed by atoms with Crippen molar-refractivity contribution < 1.29 is 19.5 Å². The zero-order valence-electron chi connectivity index (χ0n) is 16.4. The van der Waals surface area contributed by atoms with Gasteiger partial charge in [0.1, 0.15) is 4.75 Å². The van der Waals surface area contributed by atoms with Crippen molar-refractivity contribution in [2.45, 2.75) is 52.2 Å². The number of carbonyl (C=O) groups is 3. The summed E-state index contributed by atoms with van der Waals surface area (Å²) in [6, 6.07) is -0.532. The molecule has 6 nitrogen and oxygen atoms in total. The van der Waals surface area contributed by atoms with Crippen molar-refractivity contribution in [1.29, 1.82) is 0 Å². The highest BCUT2D eigenvalue weighted by molar-refractivity contribution is 8.00. The average molecular weight is 373 g/mol. The van der Waals surface area contributed by atoms with E-state index in [1.807, 2.05) is 20.8 Å². The van der Waals surface area contributed by atoms with Crippen LogP contribution >= 0.6 is 11.8 Å². The molecule has 0 rings (SSSR count). The summed E-state index contributed by atoms with van der Waals surface area (Å²) in [6.45, 7) is 13.1. The van der Waals surface area contributed by atoms with E-state index in [4.69, 9.17) is 0 Å². The molecule has 0 fully saturated rings. The number of carbonyl (C=O) groups excluding carboxylic acids is 2. The van der Waals surface area contributed by atoms with Crippen LogP contribution in [0.25, 0.3) is 0 Å². The molecule has 7 heteroatoms. The van der Waals surface area contributed by atoms with Gasteiger partial charge in [-0.25, -0.2) is 4.79 Å². The van der Waals surface area contributed by atoms with Crippen LogP contribution in [0.4, 0.5) is 4.79 Å². The van der Waals surface area contributed by atoms with Crippen LogP contribution in [0.5, 0.6) is 0 Å². The fourth-order valence-electron chi connectivity index (χ4n) is 3.19. The average Bonchev–Trinajstić information content (AvgIpc) is 2.54. The Labute approximate surface area is 155 Å². The Morgan fingerprint density at radius 1 is 1.32 bits per heavy atom. The Bertz CT molecular complexity index is 535. The molecular weight excluding hydrogens is 340 g/mol. The van der Waals surface area contributed by atoms with Gasteiger partial charge in [-0.2, -0.15) is 0 Å².